The summed E-state index contributed by atoms with van der Waals surface area (Å²) in [7, 11) is 0. The first-order chi connectivity index (χ1) is 5.40. The van der Waals surface area contributed by atoms with E-state index in [1.807, 2.05) is 0 Å². The maximum absolute atomic E-state index is 5.43. The zero-order valence-corrected chi connectivity index (χ0v) is 7.25. The Labute approximate surface area is 68.5 Å². The summed E-state index contributed by atoms with van der Waals surface area (Å²) in [6.07, 6.45) is 2.82. The van der Waals surface area contributed by atoms with Crippen molar-refractivity contribution in [1.82, 2.24) is 4.90 Å². The average Bonchev–Trinajstić information content (AvgIpc) is 2.60. The normalized spacial score (nSPS) is 41.7. The zero-order valence-electron chi connectivity index (χ0n) is 7.25. The van der Waals surface area contributed by atoms with Crippen LogP contribution in [0.25, 0.3) is 0 Å². The van der Waals surface area contributed by atoms with Crippen molar-refractivity contribution in [2.24, 2.45) is 5.92 Å². The second kappa shape index (κ2) is 3.11. The Hall–Kier alpha value is -0.0800. The smallest absolute Gasteiger partial charge is 0.0621 e. The highest BCUT2D eigenvalue weighted by atomic mass is 16.5. The Balaban J connectivity index is 1.78. The van der Waals surface area contributed by atoms with Crippen molar-refractivity contribution < 1.29 is 4.74 Å². The molecule has 0 aromatic carbocycles. The minimum atomic E-state index is 0.758. The highest BCUT2D eigenvalue weighted by Crippen LogP contribution is 2.32. The lowest BCUT2D eigenvalue weighted by molar-refractivity contribution is 0.0829. The standard InChI is InChI=1S/C9H17NO/c1-2-11-7-9-5-8-3-4-10(9)6-8/h8-9H,2-7H2,1H3/t8?,9-/m0/s1. The lowest BCUT2D eigenvalue weighted by Gasteiger charge is -2.23. The SMILES string of the molecule is CCOC[C@@H]1CC2CCN1C2. The first-order valence-corrected chi connectivity index (χ1v) is 4.72. The molecule has 2 heterocycles. The Kier molecular flexibility index (Phi) is 2.14. The average molecular weight is 155 g/mol. The van der Waals surface area contributed by atoms with Crippen LogP contribution in [0.4, 0.5) is 0 Å². The Morgan fingerprint density at radius 3 is 3.00 bits per heavy atom. The largest absolute Gasteiger partial charge is 0.380 e. The molecule has 11 heavy (non-hydrogen) atoms. The second-order valence-corrected chi connectivity index (χ2v) is 3.70. The lowest BCUT2D eigenvalue weighted by atomic mass is 10.0. The van der Waals surface area contributed by atoms with Gasteiger partial charge in [-0.05, 0) is 32.2 Å². The number of hydrogen-bond donors (Lipinski definition) is 0. The molecule has 2 bridgehead atoms. The molecule has 0 radical (unpaired) electrons. The van der Waals surface area contributed by atoms with Gasteiger partial charge in [-0.3, -0.25) is 4.90 Å². The van der Waals surface area contributed by atoms with E-state index in [1.165, 1.54) is 25.9 Å². The first-order valence-electron chi connectivity index (χ1n) is 4.72. The van der Waals surface area contributed by atoms with E-state index in [0.717, 1.165) is 25.2 Å². The van der Waals surface area contributed by atoms with Crippen LogP contribution >= 0.6 is 0 Å². The molecule has 2 saturated heterocycles. The van der Waals surface area contributed by atoms with Crippen LogP contribution in [0.3, 0.4) is 0 Å². The second-order valence-electron chi connectivity index (χ2n) is 3.70. The van der Waals surface area contributed by atoms with Crippen molar-refractivity contribution in [3.05, 3.63) is 0 Å². The van der Waals surface area contributed by atoms with E-state index in [9.17, 15) is 0 Å². The van der Waals surface area contributed by atoms with Gasteiger partial charge in [-0.15, -0.1) is 0 Å². The molecule has 2 unspecified atom stereocenters. The third kappa shape index (κ3) is 1.42. The van der Waals surface area contributed by atoms with Crippen molar-refractivity contribution in [2.75, 3.05) is 26.3 Å². The highest BCUT2D eigenvalue weighted by Gasteiger charge is 2.36. The molecule has 64 valence electrons. The Bertz CT molecular complexity index is 138. The molecule has 2 rings (SSSR count). The third-order valence-corrected chi connectivity index (χ3v) is 2.95. The monoisotopic (exact) mass is 155 g/mol. The number of fused-ring (bicyclic) bond motifs is 2. The fourth-order valence-electron chi connectivity index (χ4n) is 2.35. The van der Waals surface area contributed by atoms with Crippen LogP contribution in [0.15, 0.2) is 0 Å². The zero-order chi connectivity index (χ0) is 7.68. The molecule has 0 spiro atoms. The number of ether oxygens (including phenoxy) is 1. The van der Waals surface area contributed by atoms with Crippen molar-refractivity contribution in [2.45, 2.75) is 25.8 Å². The number of rotatable bonds is 3. The predicted octanol–water partition coefficient (Wildman–Crippen LogP) is 1.12. The molecular formula is C9H17NO. The predicted molar refractivity (Wildman–Crippen MR) is 44.6 cm³/mol. The first kappa shape index (κ1) is 7.56. The van der Waals surface area contributed by atoms with Gasteiger partial charge in [-0.1, -0.05) is 0 Å². The van der Waals surface area contributed by atoms with Crippen molar-refractivity contribution in [1.29, 1.82) is 0 Å². The van der Waals surface area contributed by atoms with E-state index in [1.54, 1.807) is 0 Å². The Morgan fingerprint density at radius 2 is 2.45 bits per heavy atom. The molecule has 0 aromatic heterocycles. The summed E-state index contributed by atoms with van der Waals surface area (Å²) in [6.45, 7) is 6.57. The van der Waals surface area contributed by atoms with Gasteiger partial charge in [-0.25, -0.2) is 0 Å². The lowest BCUT2D eigenvalue weighted by Crippen LogP contribution is -2.33. The highest BCUT2D eigenvalue weighted by molar-refractivity contribution is 4.91. The molecule has 0 N–H and O–H groups in total. The van der Waals surface area contributed by atoms with Gasteiger partial charge >= 0.3 is 0 Å². The summed E-state index contributed by atoms with van der Waals surface area (Å²) >= 11 is 0. The van der Waals surface area contributed by atoms with Gasteiger partial charge in [0.1, 0.15) is 0 Å². The molecule has 2 aliphatic rings. The van der Waals surface area contributed by atoms with Crippen LogP contribution in [0.2, 0.25) is 0 Å². The molecule has 0 aliphatic carbocycles. The molecule has 3 atom stereocenters. The quantitative estimate of drug-likeness (QED) is 0.605. The topological polar surface area (TPSA) is 12.5 Å². The van der Waals surface area contributed by atoms with E-state index >= 15 is 0 Å². The molecule has 0 aromatic rings. The number of piperidine rings is 1. The van der Waals surface area contributed by atoms with E-state index in [-0.39, 0.29) is 0 Å². The van der Waals surface area contributed by atoms with Gasteiger partial charge in [0.2, 0.25) is 0 Å². The Morgan fingerprint density at radius 1 is 1.55 bits per heavy atom. The summed E-state index contributed by atoms with van der Waals surface area (Å²) in [4.78, 5) is 2.58. The van der Waals surface area contributed by atoms with Crippen LogP contribution in [-0.4, -0.2) is 37.2 Å². The van der Waals surface area contributed by atoms with Gasteiger partial charge < -0.3 is 4.74 Å². The van der Waals surface area contributed by atoms with E-state index in [4.69, 9.17) is 4.74 Å². The summed E-state index contributed by atoms with van der Waals surface area (Å²) in [5.41, 5.74) is 0. The van der Waals surface area contributed by atoms with Crippen LogP contribution in [-0.2, 0) is 4.74 Å². The van der Waals surface area contributed by atoms with Crippen LogP contribution in [0.5, 0.6) is 0 Å². The molecule has 2 aliphatic heterocycles. The molecule has 2 nitrogen and oxygen atoms in total. The van der Waals surface area contributed by atoms with Crippen molar-refractivity contribution in [3.8, 4) is 0 Å². The van der Waals surface area contributed by atoms with Crippen LogP contribution < -0.4 is 0 Å². The van der Waals surface area contributed by atoms with E-state index < -0.39 is 0 Å². The maximum Gasteiger partial charge on any atom is 0.0621 e. The minimum absolute atomic E-state index is 0.758. The fraction of sp³-hybridized carbons (Fsp3) is 1.00. The maximum atomic E-state index is 5.43. The van der Waals surface area contributed by atoms with Gasteiger partial charge in [0.05, 0.1) is 6.61 Å². The summed E-state index contributed by atoms with van der Waals surface area (Å²) in [5.74, 6) is 1.00. The van der Waals surface area contributed by atoms with Gasteiger partial charge in [0, 0.05) is 19.2 Å². The van der Waals surface area contributed by atoms with Gasteiger partial charge in [0.15, 0.2) is 0 Å². The fourth-order valence-corrected chi connectivity index (χ4v) is 2.35. The van der Waals surface area contributed by atoms with Crippen LogP contribution in [0.1, 0.15) is 19.8 Å². The molecule has 2 fully saturated rings. The van der Waals surface area contributed by atoms with Crippen molar-refractivity contribution >= 4 is 0 Å². The number of hydrogen-bond acceptors (Lipinski definition) is 2. The molecular weight excluding hydrogens is 138 g/mol. The number of nitrogens with zero attached hydrogens (tertiary/aromatic N) is 1. The van der Waals surface area contributed by atoms with Gasteiger partial charge in [0.25, 0.3) is 0 Å². The molecule has 0 saturated carbocycles. The summed E-state index contributed by atoms with van der Waals surface area (Å²) in [5, 5.41) is 0. The molecule has 0 amide bonds. The van der Waals surface area contributed by atoms with Gasteiger partial charge in [-0.2, -0.15) is 0 Å². The third-order valence-electron chi connectivity index (χ3n) is 2.95. The van der Waals surface area contributed by atoms with Crippen molar-refractivity contribution in [3.63, 3.8) is 0 Å². The summed E-state index contributed by atoms with van der Waals surface area (Å²) < 4.78 is 5.43. The van der Waals surface area contributed by atoms with E-state index in [2.05, 4.69) is 11.8 Å². The minimum Gasteiger partial charge on any atom is -0.380 e. The van der Waals surface area contributed by atoms with Crippen LogP contribution in [0, 0.1) is 5.92 Å². The van der Waals surface area contributed by atoms with E-state index in [0.29, 0.717) is 0 Å². The molecule has 2 heteroatoms. The summed E-state index contributed by atoms with van der Waals surface area (Å²) in [6, 6.07) is 0.758.